The summed E-state index contributed by atoms with van der Waals surface area (Å²) in [6.45, 7) is 16.0. The topological polar surface area (TPSA) is 51.6 Å². The third kappa shape index (κ3) is 6.35. The van der Waals surface area contributed by atoms with Gasteiger partial charge in [-0.2, -0.15) is 13.2 Å². The zero-order valence-corrected chi connectivity index (χ0v) is 26.3. The Bertz CT molecular complexity index is 1200. The van der Waals surface area contributed by atoms with E-state index in [-0.39, 0.29) is 29.1 Å². The molecule has 0 spiro atoms. The van der Waals surface area contributed by atoms with Crippen LogP contribution in [0.3, 0.4) is 0 Å². The summed E-state index contributed by atoms with van der Waals surface area (Å²) < 4.78 is 52.6. The third-order valence-electron chi connectivity index (χ3n) is 9.29. The van der Waals surface area contributed by atoms with Gasteiger partial charge in [0.1, 0.15) is 6.10 Å². The van der Waals surface area contributed by atoms with Crippen molar-refractivity contribution in [3.63, 3.8) is 0 Å². The van der Waals surface area contributed by atoms with Gasteiger partial charge in [-0.25, -0.2) is 0 Å². The van der Waals surface area contributed by atoms with Gasteiger partial charge in [0.25, 0.3) is 0 Å². The molecule has 2 aliphatic rings. The Morgan fingerprint density at radius 2 is 1.65 bits per heavy atom. The van der Waals surface area contributed by atoms with Gasteiger partial charge in [-0.3, -0.25) is 4.98 Å². The molecule has 4 nitrogen and oxygen atoms in total. The first kappa shape index (κ1) is 31.2. The minimum Gasteiger partial charge on any atom is -0.410 e. The SMILES string of the molecule is COCc1nc2c(c(C3CCCC3)c1C(O)c1ccc(C(F)(F)F)cc1)[C@@H](O[Si](C)(C)C(C)(C)C)CC(C)(C)C2. The van der Waals surface area contributed by atoms with Crippen LogP contribution in [-0.4, -0.2) is 25.5 Å². The van der Waals surface area contributed by atoms with E-state index in [0.717, 1.165) is 67.5 Å². The number of fused-ring (bicyclic) bond motifs is 1. The minimum atomic E-state index is -4.44. The standard InChI is InChI=1S/C32H46F3NO3Si/c1-30(2,3)40(7,8)39-25-18-31(4,5)17-23-27(25)26(20-11-9-10-12-20)28(24(36-23)19-38-6)29(37)21-13-15-22(16-14-21)32(33,34)35/h13-16,20,25,29,37H,9-12,17-19H2,1-8H3/t25-,29?/m0/s1. The highest BCUT2D eigenvalue weighted by atomic mass is 28.4. The number of aromatic nitrogens is 1. The summed E-state index contributed by atoms with van der Waals surface area (Å²) in [5.74, 6) is 0.234. The fourth-order valence-corrected chi connectivity index (χ4v) is 7.49. The van der Waals surface area contributed by atoms with Gasteiger partial charge in [0, 0.05) is 23.9 Å². The van der Waals surface area contributed by atoms with Gasteiger partial charge in [-0.15, -0.1) is 0 Å². The van der Waals surface area contributed by atoms with Crippen LogP contribution < -0.4 is 0 Å². The molecule has 1 saturated carbocycles. The number of methoxy groups -OCH3 is 1. The van der Waals surface area contributed by atoms with E-state index in [2.05, 4.69) is 47.7 Å². The molecule has 2 aromatic rings. The number of halogens is 3. The van der Waals surface area contributed by atoms with Crippen LogP contribution in [0, 0.1) is 5.41 Å². The third-order valence-corrected chi connectivity index (χ3v) is 13.8. The summed E-state index contributed by atoms with van der Waals surface area (Å²) in [6.07, 6.45) is 0.168. The molecule has 222 valence electrons. The first-order chi connectivity index (χ1) is 18.4. The quantitative estimate of drug-likeness (QED) is 0.334. The lowest BCUT2D eigenvalue weighted by atomic mass is 9.71. The molecular formula is C32H46F3NO3Si. The summed E-state index contributed by atoms with van der Waals surface area (Å²) in [5.41, 5.74) is 4.25. The number of benzene rings is 1. The van der Waals surface area contributed by atoms with Crippen LogP contribution in [0.25, 0.3) is 0 Å². The number of aliphatic hydroxyl groups is 1. The van der Waals surface area contributed by atoms with Crippen molar-refractivity contribution < 1.29 is 27.4 Å². The molecule has 1 heterocycles. The zero-order valence-electron chi connectivity index (χ0n) is 25.3. The molecule has 0 amide bonds. The highest BCUT2D eigenvalue weighted by Gasteiger charge is 2.45. The van der Waals surface area contributed by atoms with E-state index in [9.17, 15) is 18.3 Å². The van der Waals surface area contributed by atoms with Gasteiger partial charge in [-0.05, 0) is 78.4 Å². The van der Waals surface area contributed by atoms with Crippen molar-refractivity contribution in [3.8, 4) is 0 Å². The molecule has 1 unspecified atom stereocenters. The van der Waals surface area contributed by atoms with Crippen molar-refractivity contribution in [2.75, 3.05) is 7.11 Å². The number of ether oxygens (including phenoxy) is 1. The first-order valence-corrected chi connectivity index (χ1v) is 17.4. The molecule has 40 heavy (non-hydrogen) atoms. The number of aliphatic hydroxyl groups excluding tert-OH is 1. The number of pyridine rings is 1. The molecule has 1 aromatic carbocycles. The lowest BCUT2D eigenvalue weighted by Crippen LogP contribution is -2.44. The molecule has 4 rings (SSSR count). The Labute approximate surface area is 238 Å². The summed E-state index contributed by atoms with van der Waals surface area (Å²) in [6, 6.07) is 4.85. The summed E-state index contributed by atoms with van der Waals surface area (Å²) in [7, 11) is -0.560. The molecular weight excluding hydrogens is 531 g/mol. The molecule has 0 bridgehead atoms. The smallest absolute Gasteiger partial charge is 0.410 e. The molecule has 0 saturated heterocycles. The highest BCUT2D eigenvalue weighted by Crippen LogP contribution is 2.52. The minimum absolute atomic E-state index is 0.0160. The van der Waals surface area contributed by atoms with Crippen LogP contribution in [0.4, 0.5) is 13.2 Å². The van der Waals surface area contributed by atoms with E-state index in [4.69, 9.17) is 14.1 Å². The number of alkyl halides is 3. The number of hydrogen-bond acceptors (Lipinski definition) is 4. The summed E-state index contributed by atoms with van der Waals surface area (Å²) in [4.78, 5) is 5.15. The van der Waals surface area contributed by atoms with Gasteiger partial charge in [-0.1, -0.05) is 59.6 Å². The normalized spacial score (nSPS) is 20.9. The maximum atomic E-state index is 13.3. The summed E-state index contributed by atoms with van der Waals surface area (Å²) in [5, 5.41) is 11.9. The molecule has 2 atom stereocenters. The van der Waals surface area contributed by atoms with E-state index < -0.39 is 26.2 Å². The van der Waals surface area contributed by atoms with Crippen molar-refractivity contribution in [1.82, 2.24) is 4.98 Å². The zero-order chi connectivity index (χ0) is 29.7. The lowest BCUT2D eigenvalue weighted by molar-refractivity contribution is -0.137. The average molecular weight is 578 g/mol. The first-order valence-electron chi connectivity index (χ1n) is 14.5. The van der Waals surface area contributed by atoms with E-state index in [1.807, 2.05) is 0 Å². The largest absolute Gasteiger partial charge is 0.416 e. The Balaban J connectivity index is 1.95. The molecule has 0 aliphatic heterocycles. The van der Waals surface area contributed by atoms with Crippen LogP contribution in [-0.2, 0) is 28.4 Å². The monoisotopic (exact) mass is 577 g/mol. The molecule has 0 radical (unpaired) electrons. The Morgan fingerprint density at radius 3 is 2.17 bits per heavy atom. The second-order valence-electron chi connectivity index (χ2n) is 14.1. The van der Waals surface area contributed by atoms with Gasteiger partial charge in [0.15, 0.2) is 8.32 Å². The van der Waals surface area contributed by atoms with Gasteiger partial charge in [0.2, 0.25) is 0 Å². The molecule has 1 aromatic heterocycles. The predicted molar refractivity (Wildman–Crippen MR) is 155 cm³/mol. The maximum absolute atomic E-state index is 13.3. The van der Waals surface area contributed by atoms with E-state index in [1.165, 1.54) is 12.1 Å². The van der Waals surface area contributed by atoms with Crippen LogP contribution in [0.1, 0.15) is 124 Å². The van der Waals surface area contributed by atoms with Gasteiger partial charge >= 0.3 is 6.18 Å². The summed E-state index contributed by atoms with van der Waals surface area (Å²) >= 11 is 0. The Hall–Kier alpha value is -1.74. The Morgan fingerprint density at radius 1 is 1.05 bits per heavy atom. The molecule has 1 N–H and O–H groups in total. The fraction of sp³-hybridized carbons (Fsp3) is 0.656. The maximum Gasteiger partial charge on any atom is 0.416 e. The highest BCUT2D eigenvalue weighted by molar-refractivity contribution is 6.74. The number of hydrogen-bond donors (Lipinski definition) is 1. The van der Waals surface area contributed by atoms with Crippen LogP contribution in [0.15, 0.2) is 24.3 Å². The second-order valence-corrected chi connectivity index (χ2v) is 18.9. The Kier molecular flexibility index (Phi) is 8.70. The van der Waals surface area contributed by atoms with Gasteiger partial charge < -0.3 is 14.3 Å². The van der Waals surface area contributed by atoms with Crippen molar-refractivity contribution in [2.45, 2.75) is 122 Å². The number of rotatable bonds is 7. The lowest BCUT2D eigenvalue weighted by Gasteiger charge is -2.45. The fourth-order valence-electron chi connectivity index (χ4n) is 6.22. The van der Waals surface area contributed by atoms with Crippen LogP contribution >= 0.6 is 0 Å². The molecule has 2 aliphatic carbocycles. The number of nitrogens with zero attached hydrogens (tertiary/aromatic N) is 1. The van der Waals surface area contributed by atoms with E-state index in [0.29, 0.717) is 16.8 Å². The average Bonchev–Trinajstić information content (AvgIpc) is 3.35. The van der Waals surface area contributed by atoms with Crippen LogP contribution in [0.2, 0.25) is 18.1 Å². The second kappa shape index (κ2) is 11.2. The van der Waals surface area contributed by atoms with Gasteiger partial charge in [0.05, 0.1) is 24.0 Å². The van der Waals surface area contributed by atoms with Crippen molar-refractivity contribution >= 4 is 8.32 Å². The van der Waals surface area contributed by atoms with Crippen LogP contribution in [0.5, 0.6) is 0 Å². The van der Waals surface area contributed by atoms with E-state index >= 15 is 0 Å². The van der Waals surface area contributed by atoms with Crippen molar-refractivity contribution in [2.24, 2.45) is 5.41 Å². The van der Waals surface area contributed by atoms with Crippen molar-refractivity contribution in [1.29, 1.82) is 0 Å². The van der Waals surface area contributed by atoms with Crippen molar-refractivity contribution in [3.05, 3.63) is 63.5 Å². The molecule has 8 heteroatoms. The predicted octanol–water partition coefficient (Wildman–Crippen LogP) is 9.02. The van der Waals surface area contributed by atoms with E-state index in [1.54, 1.807) is 7.11 Å². The molecule has 1 fully saturated rings.